The maximum Gasteiger partial charge on any atom is 0.412 e. The third-order valence-corrected chi connectivity index (χ3v) is 6.22. The van der Waals surface area contributed by atoms with Gasteiger partial charge in [0.25, 0.3) is 0 Å². The summed E-state index contributed by atoms with van der Waals surface area (Å²) in [6, 6.07) is 13.8. The molecule has 15 heteroatoms. The van der Waals surface area contributed by atoms with E-state index in [-0.39, 0.29) is 34.1 Å². The van der Waals surface area contributed by atoms with Crippen LogP contribution in [0, 0.1) is 20.8 Å². The van der Waals surface area contributed by atoms with Gasteiger partial charge in [0, 0.05) is 17.1 Å². The maximum atomic E-state index is 12.9. The standard InChI is InChI=1S/C31H28N6O9/c1-19-5-8-22(11-25(19)32-16-38)35-28(41)44-14-31(4,46-30(43)37-24-10-7-21(3)27(13-24)34-18-40)15-45-29(42)36-23-9-6-20(2)26(12-23)33-17-39/h5-13H,14-15H2,1-4H3,(H,35,41)(H,36,42)(H,37,43). The fourth-order valence-electron chi connectivity index (χ4n) is 3.78. The molecule has 0 aliphatic rings. The van der Waals surface area contributed by atoms with E-state index in [4.69, 9.17) is 14.2 Å². The third-order valence-electron chi connectivity index (χ3n) is 6.22. The van der Waals surface area contributed by atoms with Crippen molar-refractivity contribution in [2.75, 3.05) is 29.2 Å². The number of carbonyl (C=O) groups excluding carboxylic acids is 6. The van der Waals surface area contributed by atoms with Crippen molar-refractivity contribution in [3.8, 4) is 0 Å². The number of anilines is 3. The van der Waals surface area contributed by atoms with Crippen molar-refractivity contribution in [3.05, 3.63) is 71.3 Å². The molecule has 0 aliphatic heterocycles. The summed E-state index contributed by atoms with van der Waals surface area (Å²) < 4.78 is 16.1. The van der Waals surface area contributed by atoms with Crippen LogP contribution in [-0.2, 0) is 28.6 Å². The lowest BCUT2D eigenvalue weighted by Crippen LogP contribution is -2.44. The zero-order chi connectivity index (χ0) is 33.7. The first-order valence-electron chi connectivity index (χ1n) is 13.4. The highest BCUT2D eigenvalue weighted by Crippen LogP contribution is 2.26. The number of hydrogen-bond acceptors (Lipinski definition) is 12. The van der Waals surface area contributed by atoms with E-state index in [2.05, 4.69) is 30.9 Å². The average Bonchev–Trinajstić information content (AvgIpc) is 3.00. The molecule has 0 heterocycles. The number of carbonyl (C=O) groups is 3. The Morgan fingerprint density at radius 3 is 1.26 bits per heavy atom. The molecular formula is C31H28N6O9. The lowest BCUT2D eigenvalue weighted by atomic mass is 10.1. The second-order valence-electron chi connectivity index (χ2n) is 9.98. The number of amides is 3. The highest BCUT2D eigenvalue weighted by atomic mass is 16.6. The van der Waals surface area contributed by atoms with E-state index in [0.717, 1.165) is 0 Å². The average molecular weight is 629 g/mol. The van der Waals surface area contributed by atoms with Gasteiger partial charge in [-0.3, -0.25) is 16.0 Å². The van der Waals surface area contributed by atoms with Crippen molar-refractivity contribution in [1.29, 1.82) is 0 Å². The van der Waals surface area contributed by atoms with Gasteiger partial charge < -0.3 is 14.2 Å². The van der Waals surface area contributed by atoms with Crippen molar-refractivity contribution in [3.63, 3.8) is 0 Å². The number of ether oxygens (including phenoxy) is 3. The number of aliphatic imine (C=N–C) groups is 3. The highest BCUT2D eigenvalue weighted by Gasteiger charge is 2.33. The van der Waals surface area contributed by atoms with Gasteiger partial charge in [-0.25, -0.2) is 28.8 Å². The summed E-state index contributed by atoms with van der Waals surface area (Å²) in [4.78, 5) is 80.9. The molecule has 3 N–H and O–H groups in total. The first-order valence-corrected chi connectivity index (χ1v) is 13.4. The fraction of sp³-hybridized carbons (Fsp3) is 0.226. The van der Waals surface area contributed by atoms with E-state index in [9.17, 15) is 28.8 Å². The van der Waals surface area contributed by atoms with E-state index < -0.39 is 37.1 Å². The molecule has 0 saturated carbocycles. The predicted molar refractivity (Wildman–Crippen MR) is 165 cm³/mol. The number of benzene rings is 3. The summed E-state index contributed by atoms with van der Waals surface area (Å²) in [5.41, 5.74) is 1.84. The summed E-state index contributed by atoms with van der Waals surface area (Å²) in [7, 11) is 0. The van der Waals surface area contributed by atoms with Gasteiger partial charge >= 0.3 is 18.3 Å². The summed E-state index contributed by atoms with van der Waals surface area (Å²) >= 11 is 0. The molecule has 3 amide bonds. The molecule has 0 spiro atoms. The molecule has 0 aromatic heterocycles. The van der Waals surface area contributed by atoms with Crippen LogP contribution in [0.1, 0.15) is 23.6 Å². The van der Waals surface area contributed by atoms with Gasteiger partial charge in [0.2, 0.25) is 18.2 Å². The van der Waals surface area contributed by atoms with Gasteiger partial charge in [-0.1, -0.05) is 18.2 Å². The molecule has 0 unspecified atom stereocenters. The van der Waals surface area contributed by atoms with Crippen LogP contribution in [0.4, 0.5) is 48.5 Å². The Morgan fingerprint density at radius 1 is 0.609 bits per heavy atom. The zero-order valence-electron chi connectivity index (χ0n) is 25.1. The number of nitrogens with zero attached hydrogens (tertiary/aromatic N) is 3. The SMILES string of the molecule is Cc1ccc(NC(=O)OCC(C)(COC(=O)Nc2ccc(C)c(N=C=O)c2)OC(=O)Nc2ccc(C)c(N=C=O)c2)cc1N=C=O. The molecule has 0 atom stereocenters. The minimum absolute atomic E-state index is 0.227. The molecule has 3 rings (SSSR count). The molecule has 15 nitrogen and oxygen atoms in total. The quantitative estimate of drug-likeness (QED) is 0.123. The molecule has 3 aromatic rings. The molecular weight excluding hydrogens is 600 g/mol. The Hall–Kier alpha value is -6.39. The second-order valence-corrected chi connectivity index (χ2v) is 9.98. The minimum Gasteiger partial charge on any atom is -0.445 e. The normalized spacial score (nSPS) is 11.2. The topological polar surface area (TPSA) is 203 Å². The number of aryl methyl sites for hydroxylation is 3. The van der Waals surface area contributed by atoms with Crippen molar-refractivity contribution in [1.82, 2.24) is 0 Å². The zero-order valence-corrected chi connectivity index (χ0v) is 25.1. The summed E-state index contributed by atoms with van der Waals surface area (Å²) in [6.45, 7) is 5.33. The Bertz CT molecular complexity index is 1700. The maximum absolute atomic E-state index is 12.9. The van der Waals surface area contributed by atoms with Crippen molar-refractivity contribution >= 4 is 70.6 Å². The second kappa shape index (κ2) is 15.9. The van der Waals surface area contributed by atoms with Gasteiger partial charge in [-0.15, -0.1) is 0 Å². The summed E-state index contributed by atoms with van der Waals surface area (Å²) in [5, 5.41) is 7.42. The van der Waals surface area contributed by atoms with E-state index in [1.165, 1.54) is 43.4 Å². The summed E-state index contributed by atoms with van der Waals surface area (Å²) in [5.74, 6) is 0. The predicted octanol–water partition coefficient (Wildman–Crippen LogP) is 6.32. The highest BCUT2D eigenvalue weighted by molar-refractivity contribution is 5.87. The number of nitrogens with one attached hydrogen (secondary N) is 3. The number of hydrogen-bond donors (Lipinski definition) is 3. The van der Waals surface area contributed by atoms with Gasteiger partial charge in [-0.2, -0.15) is 15.0 Å². The van der Waals surface area contributed by atoms with Crippen molar-refractivity contribution in [2.45, 2.75) is 33.3 Å². The van der Waals surface area contributed by atoms with E-state index >= 15 is 0 Å². The molecule has 0 saturated heterocycles. The van der Waals surface area contributed by atoms with Crippen LogP contribution < -0.4 is 16.0 Å². The van der Waals surface area contributed by atoms with Crippen molar-refractivity contribution < 1.29 is 43.0 Å². The molecule has 46 heavy (non-hydrogen) atoms. The van der Waals surface area contributed by atoms with E-state index in [0.29, 0.717) is 16.7 Å². The Balaban J connectivity index is 1.74. The smallest absolute Gasteiger partial charge is 0.412 e. The van der Waals surface area contributed by atoms with Crippen LogP contribution in [-0.4, -0.2) is 55.3 Å². The fourth-order valence-corrected chi connectivity index (χ4v) is 3.78. The van der Waals surface area contributed by atoms with Gasteiger partial charge in [0.15, 0.2) is 5.60 Å². The molecule has 0 aliphatic carbocycles. The summed E-state index contributed by atoms with van der Waals surface area (Å²) in [6.07, 6.45) is 1.38. The lowest BCUT2D eigenvalue weighted by molar-refractivity contribution is -0.0505. The Labute approximate surface area is 262 Å². The van der Waals surface area contributed by atoms with E-state index in [1.807, 2.05) is 0 Å². The lowest BCUT2D eigenvalue weighted by Gasteiger charge is -2.28. The van der Waals surface area contributed by atoms with Gasteiger partial charge in [0.1, 0.15) is 13.2 Å². The van der Waals surface area contributed by atoms with Gasteiger partial charge in [-0.05, 0) is 80.8 Å². The van der Waals surface area contributed by atoms with Gasteiger partial charge in [0.05, 0.1) is 17.1 Å². The van der Waals surface area contributed by atoms with E-state index in [1.54, 1.807) is 57.2 Å². The molecule has 0 radical (unpaired) electrons. The number of isocyanates is 3. The first kappa shape index (κ1) is 34.1. The Morgan fingerprint density at radius 2 is 0.935 bits per heavy atom. The monoisotopic (exact) mass is 628 g/mol. The van der Waals surface area contributed by atoms with Crippen LogP contribution in [0.5, 0.6) is 0 Å². The van der Waals surface area contributed by atoms with Crippen LogP contribution in [0.3, 0.4) is 0 Å². The third kappa shape index (κ3) is 10.1. The minimum atomic E-state index is -1.73. The molecule has 0 fully saturated rings. The number of rotatable bonds is 11. The largest absolute Gasteiger partial charge is 0.445 e. The first-order chi connectivity index (χ1) is 21.9. The molecule has 0 bridgehead atoms. The molecule has 236 valence electrons. The Kier molecular flexibility index (Phi) is 11.8. The molecule has 3 aromatic carbocycles. The van der Waals surface area contributed by atoms with Crippen LogP contribution in [0.25, 0.3) is 0 Å². The van der Waals surface area contributed by atoms with Crippen molar-refractivity contribution in [2.24, 2.45) is 15.0 Å². The van der Waals surface area contributed by atoms with Crippen LogP contribution in [0.2, 0.25) is 0 Å². The van der Waals surface area contributed by atoms with Crippen LogP contribution in [0.15, 0.2) is 69.6 Å². The van der Waals surface area contributed by atoms with Crippen LogP contribution >= 0.6 is 0 Å².